The highest BCUT2D eigenvalue weighted by molar-refractivity contribution is 5.62. The molecule has 1 aliphatic rings. The van der Waals surface area contributed by atoms with E-state index in [4.69, 9.17) is 9.15 Å². The number of para-hydroxylation sites is 1. The molecular weight excluding hydrogens is 400 g/mol. The fourth-order valence-corrected chi connectivity index (χ4v) is 3.99. The topological polar surface area (TPSA) is 54.6 Å². The van der Waals surface area contributed by atoms with Gasteiger partial charge in [-0.05, 0) is 75.1 Å². The SMILES string of the molecule is CN(C)C1CCN(c2ccc(-c3nnc(-c4cccc(Oc5ccccc5)c4)o3)cc2)C1. The number of rotatable bonds is 6. The number of hydrogen-bond acceptors (Lipinski definition) is 6. The van der Waals surface area contributed by atoms with Crippen LogP contribution in [0, 0.1) is 0 Å². The van der Waals surface area contributed by atoms with E-state index in [0.29, 0.717) is 17.8 Å². The summed E-state index contributed by atoms with van der Waals surface area (Å²) >= 11 is 0. The molecule has 6 nitrogen and oxygen atoms in total. The van der Waals surface area contributed by atoms with E-state index in [0.717, 1.165) is 35.7 Å². The van der Waals surface area contributed by atoms with E-state index in [-0.39, 0.29) is 0 Å². The standard InChI is InChI=1S/C26H26N4O2/c1-29(2)22-15-16-30(18-22)21-13-11-19(12-14-21)25-27-28-26(32-25)20-7-6-10-24(17-20)31-23-8-4-3-5-9-23/h3-14,17,22H,15-16,18H2,1-2H3. The molecule has 0 spiro atoms. The van der Waals surface area contributed by atoms with Crippen molar-refractivity contribution < 1.29 is 9.15 Å². The Kier molecular flexibility index (Phi) is 5.60. The Morgan fingerprint density at radius 1 is 0.844 bits per heavy atom. The van der Waals surface area contributed by atoms with Crippen LogP contribution in [0.4, 0.5) is 5.69 Å². The second-order valence-corrected chi connectivity index (χ2v) is 8.25. The molecule has 1 aromatic heterocycles. The Labute approximate surface area is 188 Å². The van der Waals surface area contributed by atoms with Gasteiger partial charge < -0.3 is 19.0 Å². The smallest absolute Gasteiger partial charge is 0.248 e. The first kappa shape index (κ1) is 20.3. The molecule has 4 aromatic rings. The first-order valence-corrected chi connectivity index (χ1v) is 10.8. The maximum Gasteiger partial charge on any atom is 0.248 e. The minimum atomic E-state index is 0.468. The van der Waals surface area contributed by atoms with E-state index in [1.54, 1.807) is 0 Å². The van der Waals surface area contributed by atoms with Gasteiger partial charge in [0.1, 0.15) is 11.5 Å². The summed E-state index contributed by atoms with van der Waals surface area (Å²) in [5.41, 5.74) is 2.96. The first-order chi connectivity index (χ1) is 15.7. The van der Waals surface area contributed by atoms with Gasteiger partial charge in [-0.1, -0.05) is 24.3 Å². The predicted molar refractivity (Wildman–Crippen MR) is 126 cm³/mol. The highest BCUT2D eigenvalue weighted by Crippen LogP contribution is 2.30. The lowest BCUT2D eigenvalue weighted by molar-refractivity contribution is 0.315. The number of ether oxygens (including phenoxy) is 1. The van der Waals surface area contributed by atoms with Gasteiger partial charge >= 0.3 is 0 Å². The van der Waals surface area contributed by atoms with Crippen molar-refractivity contribution in [3.63, 3.8) is 0 Å². The van der Waals surface area contributed by atoms with Crippen LogP contribution in [0.1, 0.15) is 6.42 Å². The normalized spacial score (nSPS) is 16.0. The number of hydrogen-bond donors (Lipinski definition) is 0. The second kappa shape index (κ2) is 8.85. The molecule has 0 amide bonds. The van der Waals surface area contributed by atoms with Crippen LogP contribution in [0.2, 0.25) is 0 Å². The van der Waals surface area contributed by atoms with Crippen molar-refractivity contribution in [1.29, 1.82) is 0 Å². The van der Waals surface area contributed by atoms with Crippen molar-refractivity contribution in [2.24, 2.45) is 0 Å². The Morgan fingerprint density at radius 2 is 1.56 bits per heavy atom. The summed E-state index contributed by atoms with van der Waals surface area (Å²) in [6, 6.07) is 26.3. The minimum Gasteiger partial charge on any atom is -0.457 e. The quantitative estimate of drug-likeness (QED) is 0.415. The molecule has 0 radical (unpaired) electrons. The van der Waals surface area contributed by atoms with E-state index in [1.165, 1.54) is 12.1 Å². The van der Waals surface area contributed by atoms with E-state index >= 15 is 0 Å². The molecule has 1 atom stereocenters. The Bertz CT molecular complexity index is 1170. The van der Waals surface area contributed by atoms with Crippen molar-refractivity contribution in [2.75, 3.05) is 32.1 Å². The number of likely N-dealkylation sites (N-methyl/N-ethyl adjacent to an activating group) is 1. The Balaban J connectivity index is 1.30. The van der Waals surface area contributed by atoms with Gasteiger partial charge in [0.05, 0.1) is 0 Å². The lowest BCUT2D eigenvalue weighted by Crippen LogP contribution is -2.31. The number of benzene rings is 3. The average molecular weight is 427 g/mol. The van der Waals surface area contributed by atoms with Gasteiger partial charge in [0.15, 0.2) is 0 Å². The molecule has 0 aliphatic carbocycles. The minimum absolute atomic E-state index is 0.468. The molecule has 2 heterocycles. The first-order valence-electron chi connectivity index (χ1n) is 10.8. The molecular formula is C26H26N4O2. The Hall–Kier alpha value is -3.64. The maximum atomic E-state index is 5.98. The highest BCUT2D eigenvalue weighted by atomic mass is 16.5. The van der Waals surface area contributed by atoms with Crippen molar-refractivity contribution in [3.8, 4) is 34.4 Å². The maximum absolute atomic E-state index is 5.98. The molecule has 162 valence electrons. The summed E-state index contributed by atoms with van der Waals surface area (Å²) in [6.45, 7) is 2.13. The van der Waals surface area contributed by atoms with Crippen molar-refractivity contribution in [3.05, 3.63) is 78.9 Å². The molecule has 0 saturated carbocycles. The van der Waals surface area contributed by atoms with Gasteiger partial charge in [0.25, 0.3) is 0 Å². The Morgan fingerprint density at radius 3 is 2.28 bits per heavy atom. The average Bonchev–Trinajstić information content (AvgIpc) is 3.51. The van der Waals surface area contributed by atoms with E-state index in [2.05, 4.69) is 46.2 Å². The summed E-state index contributed by atoms with van der Waals surface area (Å²) in [7, 11) is 4.29. The molecule has 5 rings (SSSR count). The van der Waals surface area contributed by atoms with Gasteiger partial charge in [-0.25, -0.2) is 0 Å². The van der Waals surface area contributed by atoms with Gasteiger partial charge in [-0.3, -0.25) is 0 Å². The molecule has 32 heavy (non-hydrogen) atoms. The molecule has 3 aromatic carbocycles. The molecule has 1 fully saturated rings. The summed E-state index contributed by atoms with van der Waals surface area (Å²) < 4.78 is 11.9. The largest absolute Gasteiger partial charge is 0.457 e. The zero-order chi connectivity index (χ0) is 21.9. The van der Waals surface area contributed by atoms with Crippen LogP contribution in [-0.4, -0.2) is 48.3 Å². The molecule has 1 unspecified atom stereocenters. The molecule has 0 N–H and O–H groups in total. The van der Waals surface area contributed by atoms with E-state index in [9.17, 15) is 0 Å². The highest BCUT2D eigenvalue weighted by Gasteiger charge is 2.24. The van der Waals surface area contributed by atoms with Crippen LogP contribution in [0.3, 0.4) is 0 Å². The fourth-order valence-electron chi connectivity index (χ4n) is 3.99. The van der Waals surface area contributed by atoms with E-state index in [1.807, 2.05) is 66.7 Å². The number of nitrogens with zero attached hydrogens (tertiary/aromatic N) is 4. The van der Waals surface area contributed by atoms with Crippen LogP contribution >= 0.6 is 0 Å². The summed E-state index contributed by atoms with van der Waals surface area (Å²) in [5.74, 6) is 2.48. The van der Waals surface area contributed by atoms with Crippen molar-refractivity contribution in [1.82, 2.24) is 15.1 Å². The van der Waals surface area contributed by atoms with Crippen LogP contribution in [0.15, 0.2) is 83.3 Å². The van der Waals surface area contributed by atoms with Gasteiger partial charge in [-0.15, -0.1) is 10.2 Å². The van der Waals surface area contributed by atoms with Crippen LogP contribution in [0.5, 0.6) is 11.5 Å². The third kappa shape index (κ3) is 4.36. The number of anilines is 1. The lowest BCUT2D eigenvalue weighted by atomic mass is 10.2. The lowest BCUT2D eigenvalue weighted by Gasteiger charge is -2.21. The van der Waals surface area contributed by atoms with Crippen LogP contribution in [0.25, 0.3) is 22.9 Å². The molecule has 1 saturated heterocycles. The number of aromatic nitrogens is 2. The van der Waals surface area contributed by atoms with Gasteiger partial charge in [0.2, 0.25) is 11.8 Å². The summed E-state index contributed by atoms with van der Waals surface area (Å²) in [4.78, 5) is 4.72. The molecule has 6 heteroatoms. The molecule has 1 aliphatic heterocycles. The van der Waals surface area contributed by atoms with E-state index < -0.39 is 0 Å². The van der Waals surface area contributed by atoms with Gasteiger partial charge in [0, 0.05) is 35.9 Å². The zero-order valence-corrected chi connectivity index (χ0v) is 18.3. The van der Waals surface area contributed by atoms with Crippen molar-refractivity contribution in [2.45, 2.75) is 12.5 Å². The molecule has 0 bridgehead atoms. The van der Waals surface area contributed by atoms with Crippen LogP contribution in [-0.2, 0) is 0 Å². The third-order valence-electron chi connectivity index (χ3n) is 5.86. The van der Waals surface area contributed by atoms with Gasteiger partial charge in [-0.2, -0.15) is 0 Å². The van der Waals surface area contributed by atoms with Crippen LogP contribution < -0.4 is 9.64 Å². The zero-order valence-electron chi connectivity index (χ0n) is 18.3. The van der Waals surface area contributed by atoms with Crippen molar-refractivity contribution >= 4 is 5.69 Å². The monoisotopic (exact) mass is 426 g/mol. The summed E-state index contributed by atoms with van der Waals surface area (Å²) in [6.07, 6.45) is 1.19. The second-order valence-electron chi connectivity index (χ2n) is 8.25. The summed E-state index contributed by atoms with van der Waals surface area (Å²) in [5, 5.41) is 8.51. The predicted octanol–water partition coefficient (Wildman–Crippen LogP) is 5.34. The fraction of sp³-hybridized carbons (Fsp3) is 0.231. The third-order valence-corrected chi connectivity index (χ3v) is 5.86.